The zero-order valence-electron chi connectivity index (χ0n) is 17.9. The molecule has 0 spiro atoms. The lowest BCUT2D eigenvalue weighted by Gasteiger charge is -2.31. The Kier molecular flexibility index (Phi) is 5.99. The van der Waals surface area contributed by atoms with Gasteiger partial charge in [0, 0.05) is 41.8 Å². The monoisotopic (exact) mass is 496 g/mol. The number of carbonyl (C=O) groups excluding carboxylic acids is 1. The molecule has 3 aromatic rings. The van der Waals surface area contributed by atoms with Crippen LogP contribution < -0.4 is 4.74 Å². The highest BCUT2D eigenvalue weighted by Gasteiger charge is 2.42. The van der Waals surface area contributed by atoms with Crippen molar-refractivity contribution in [1.29, 1.82) is 0 Å². The summed E-state index contributed by atoms with van der Waals surface area (Å²) in [6, 6.07) is 15.8. The van der Waals surface area contributed by atoms with E-state index in [1.54, 1.807) is 7.11 Å². The predicted octanol–water partition coefficient (Wildman–Crippen LogP) is 3.73. The zero-order valence-corrected chi connectivity index (χ0v) is 19.5. The van der Waals surface area contributed by atoms with E-state index in [0.29, 0.717) is 12.2 Å². The molecule has 0 saturated carbocycles. The summed E-state index contributed by atoms with van der Waals surface area (Å²) in [5.41, 5.74) is 4.33. The number of halogens is 1. The fraction of sp³-hybridized carbons (Fsp3) is 0.333. The van der Waals surface area contributed by atoms with Gasteiger partial charge in [-0.1, -0.05) is 28.1 Å². The fourth-order valence-corrected chi connectivity index (χ4v) is 4.73. The van der Waals surface area contributed by atoms with E-state index < -0.39 is 0 Å². The summed E-state index contributed by atoms with van der Waals surface area (Å²) in [5.74, 6) is 0.780. The van der Waals surface area contributed by atoms with Crippen LogP contribution in [0.4, 0.5) is 0 Å². The van der Waals surface area contributed by atoms with Crippen molar-refractivity contribution in [1.82, 2.24) is 20.0 Å². The maximum Gasteiger partial charge on any atom is 0.273 e. The van der Waals surface area contributed by atoms with Crippen molar-refractivity contribution < 1.29 is 14.3 Å². The molecule has 166 valence electrons. The van der Waals surface area contributed by atoms with Gasteiger partial charge in [0.05, 0.1) is 32.1 Å². The minimum atomic E-state index is -0.192. The van der Waals surface area contributed by atoms with Crippen LogP contribution in [0.15, 0.2) is 53.0 Å². The Morgan fingerprint density at radius 2 is 1.81 bits per heavy atom. The number of rotatable bonds is 6. The number of methoxy groups -OCH3 is 1. The number of carbonyl (C=O) groups is 1. The topological polar surface area (TPSA) is 70.7 Å². The smallest absolute Gasteiger partial charge is 0.273 e. The Bertz CT molecular complexity index is 1090. The molecular weight excluding hydrogens is 472 g/mol. The van der Waals surface area contributed by atoms with Crippen molar-refractivity contribution in [3.8, 4) is 17.0 Å². The first-order valence-corrected chi connectivity index (χ1v) is 11.5. The Balaban J connectivity index is 1.52. The highest BCUT2D eigenvalue weighted by atomic mass is 79.9. The molecule has 1 atom stereocenters. The molecule has 8 heteroatoms. The molecule has 3 heterocycles. The van der Waals surface area contributed by atoms with Gasteiger partial charge in [-0.15, -0.1) is 0 Å². The van der Waals surface area contributed by atoms with Crippen LogP contribution in [-0.4, -0.2) is 72.4 Å². The Labute approximate surface area is 195 Å². The lowest BCUT2D eigenvalue weighted by atomic mass is 9.96. The van der Waals surface area contributed by atoms with E-state index >= 15 is 0 Å². The zero-order chi connectivity index (χ0) is 22.1. The summed E-state index contributed by atoms with van der Waals surface area (Å²) in [4.78, 5) is 17.8. The van der Waals surface area contributed by atoms with Crippen molar-refractivity contribution in [3.05, 3.63) is 69.8 Å². The summed E-state index contributed by atoms with van der Waals surface area (Å²) < 4.78 is 11.8. The molecular formula is C24H25BrN4O3. The average Bonchev–Trinajstić information content (AvgIpc) is 3.38. The molecule has 1 saturated heterocycles. The van der Waals surface area contributed by atoms with Crippen molar-refractivity contribution in [3.63, 3.8) is 0 Å². The summed E-state index contributed by atoms with van der Waals surface area (Å²) in [6.45, 7) is 4.75. The van der Waals surface area contributed by atoms with Crippen LogP contribution >= 0.6 is 15.9 Å². The molecule has 0 bridgehead atoms. The molecule has 1 fully saturated rings. The number of aromatic nitrogens is 2. The number of hydrogen-bond acceptors (Lipinski definition) is 5. The second-order valence-electron chi connectivity index (χ2n) is 8.00. The van der Waals surface area contributed by atoms with Crippen LogP contribution in [0.25, 0.3) is 11.3 Å². The van der Waals surface area contributed by atoms with E-state index in [1.807, 2.05) is 41.3 Å². The predicted molar refractivity (Wildman–Crippen MR) is 125 cm³/mol. The Morgan fingerprint density at radius 3 is 2.50 bits per heavy atom. The maximum atomic E-state index is 13.4. The van der Waals surface area contributed by atoms with E-state index in [9.17, 15) is 4.79 Å². The molecule has 7 nitrogen and oxygen atoms in total. The third-order valence-electron chi connectivity index (χ3n) is 6.17. The number of hydrogen-bond donors (Lipinski definition) is 1. The third kappa shape index (κ3) is 3.94. The molecule has 0 aliphatic carbocycles. The van der Waals surface area contributed by atoms with Gasteiger partial charge in [0.15, 0.2) is 0 Å². The summed E-state index contributed by atoms with van der Waals surface area (Å²) in [5, 5.41) is 7.57. The number of amides is 1. The van der Waals surface area contributed by atoms with Gasteiger partial charge in [0.2, 0.25) is 0 Å². The second-order valence-corrected chi connectivity index (χ2v) is 8.91. The Morgan fingerprint density at radius 1 is 1.09 bits per heavy atom. The number of nitrogens with one attached hydrogen (secondary N) is 1. The molecule has 2 aromatic carbocycles. The van der Waals surface area contributed by atoms with E-state index in [2.05, 4.69) is 43.2 Å². The number of morpholine rings is 1. The number of benzene rings is 2. The van der Waals surface area contributed by atoms with Crippen molar-refractivity contribution in [2.45, 2.75) is 6.04 Å². The van der Waals surface area contributed by atoms with E-state index in [1.165, 1.54) is 0 Å². The lowest BCUT2D eigenvalue weighted by Crippen LogP contribution is -2.42. The van der Waals surface area contributed by atoms with Gasteiger partial charge in [0.25, 0.3) is 5.91 Å². The molecule has 1 N–H and O–H groups in total. The van der Waals surface area contributed by atoms with Gasteiger partial charge < -0.3 is 14.4 Å². The largest absolute Gasteiger partial charge is 0.497 e. The first kappa shape index (κ1) is 21.2. The summed E-state index contributed by atoms with van der Waals surface area (Å²) >= 11 is 3.52. The molecule has 32 heavy (non-hydrogen) atoms. The van der Waals surface area contributed by atoms with Gasteiger partial charge in [-0.25, -0.2) is 0 Å². The number of H-pyrrole nitrogens is 1. The van der Waals surface area contributed by atoms with Crippen LogP contribution in [0.1, 0.15) is 27.7 Å². The van der Waals surface area contributed by atoms with E-state index in [4.69, 9.17) is 9.47 Å². The lowest BCUT2D eigenvalue weighted by molar-refractivity contribution is 0.0316. The number of fused-ring (bicyclic) bond motifs is 1. The van der Waals surface area contributed by atoms with Crippen molar-refractivity contribution in [2.24, 2.45) is 0 Å². The van der Waals surface area contributed by atoms with Gasteiger partial charge in [-0.2, -0.15) is 5.10 Å². The van der Waals surface area contributed by atoms with Crippen molar-refractivity contribution >= 4 is 21.8 Å². The fourth-order valence-electron chi connectivity index (χ4n) is 4.46. The second kappa shape index (κ2) is 9.05. The minimum Gasteiger partial charge on any atom is -0.497 e. The maximum absolute atomic E-state index is 13.4. The SMILES string of the molecule is COc1ccc(-c2n[nH]c3c2C(c2ccc(Br)cc2)N(CCN2CCOCC2)C3=O)cc1. The first-order chi connectivity index (χ1) is 15.7. The first-order valence-electron chi connectivity index (χ1n) is 10.7. The van der Waals surface area contributed by atoms with Gasteiger partial charge in [-0.05, 0) is 42.0 Å². The molecule has 2 aliphatic heterocycles. The standard InChI is InChI=1S/C24H25BrN4O3/c1-31-19-8-4-16(5-9-19)21-20-22(27-26-21)24(30)29(11-10-28-12-14-32-15-13-28)23(20)17-2-6-18(25)7-3-17/h2-9,23H,10-15H2,1H3,(H,26,27). The molecule has 2 aliphatic rings. The number of aromatic amines is 1. The van der Waals surface area contributed by atoms with Crippen LogP contribution in [-0.2, 0) is 4.74 Å². The highest BCUT2D eigenvalue weighted by molar-refractivity contribution is 9.10. The summed E-state index contributed by atoms with van der Waals surface area (Å²) in [7, 11) is 1.65. The van der Waals surface area contributed by atoms with Crippen molar-refractivity contribution in [2.75, 3.05) is 46.5 Å². The highest BCUT2D eigenvalue weighted by Crippen LogP contribution is 2.43. The average molecular weight is 497 g/mol. The third-order valence-corrected chi connectivity index (χ3v) is 6.70. The van der Waals surface area contributed by atoms with E-state index in [-0.39, 0.29) is 11.9 Å². The quantitative estimate of drug-likeness (QED) is 0.562. The Hall–Kier alpha value is -2.68. The number of ether oxygens (including phenoxy) is 2. The van der Waals surface area contributed by atoms with Crippen LogP contribution in [0.2, 0.25) is 0 Å². The molecule has 1 amide bonds. The molecule has 1 unspecified atom stereocenters. The molecule has 0 radical (unpaired) electrons. The summed E-state index contributed by atoms with van der Waals surface area (Å²) in [6.07, 6.45) is 0. The minimum absolute atomic E-state index is 0.00607. The van der Waals surface area contributed by atoms with Crippen LogP contribution in [0.5, 0.6) is 5.75 Å². The van der Waals surface area contributed by atoms with Crippen LogP contribution in [0.3, 0.4) is 0 Å². The number of nitrogens with zero attached hydrogens (tertiary/aromatic N) is 3. The normalized spacial score (nSPS) is 18.8. The van der Waals surface area contributed by atoms with Gasteiger partial charge in [-0.3, -0.25) is 14.8 Å². The van der Waals surface area contributed by atoms with Gasteiger partial charge in [0.1, 0.15) is 11.4 Å². The molecule has 1 aromatic heterocycles. The van der Waals surface area contributed by atoms with Gasteiger partial charge >= 0.3 is 0 Å². The van der Waals surface area contributed by atoms with Crippen LogP contribution in [0, 0.1) is 0 Å². The van der Waals surface area contributed by atoms with E-state index in [0.717, 1.165) is 65.5 Å². The molecule has 5 rings (SSSR count).